The van der Waals surface area contributed by atoms with Crippen molar-refractivity contribution in [2.24, 2.45) is 0 Å². The van der Waals surface area contributed by atoms with Crippen molar-refractivity contribution >= 4 is 23.6 Å². The fraction of sp³-hybridized carbons (Fsp3) is 0.533. The van der Waals surface area contributed by atoms with E-state index in [2.05, 4.69) is 15.6 Å². The number of rotatable bonds is 3. The molecule has 1 atom stereocenters. The van der Waals surface area contributed by atoms with E-state index in [9.17, 15) is 9.59 Å². The van der Waals surface area contributed by atoms with Crippen LogP contribution in [0.3, 0.4) is 0 Å². The van der Waals surface area contributed by atoms with Crippen molar-refractivity contribution in [2.75, 3.05) is 44.5 Å². The summed E-state index contributed by atoms with van der Waals surface area (Å²) >= 11 is 0. The van der Waals surface area contributed by atoms with Crippen LogP contribution in [0, 0.1) is 0 Å². The molecule has 2 heterocycles. The predicted octanol–water partition coefficient (Wildman–Crippen LogP) is 1.50. The molecule has 126 valence electrons. The summed E-state index contributed by atoms with van der Waals surface area (Å²) in [6, 6.07) is 3.23. The number of ether oxygens (including phenoxy) is 1. The number of hydrogen-bond acceptors (Lipinski definition) is 5. The molecule has 0 radical (unpaired) electrons. The van der Waals surface area contributed by atoms with Crippen LogP contribution in [-0.4, -0.2) is 62.3 Å². The van der Waals surface area contributed by atoms with Gasteiger partial charge in [-0.15, -0.1) is 0 Å². The average molecular weight is 321 g/mol. The Morgan fingerprint density at radius 3 is 2.78 bits per heavy atom. The molecule has 0 aromatic carbocycles. The summed E-state index contributed by atoms with van der Waals surface area (Å²) in [4.78, 5) is 31.3. The van der Waals surface area contributed by atoms with E-state index >= 15 is 0 Å². The van der Waals surface area contributed by atoms with Crippen LogP contribution in [0.2, 0.25) is 0 Å². The van der Waals surface area contributed by atoms with Gasteiger partial charge in [0.2, 0.25) is 0 Å². The van der Waals surface area contributed by atoms with Gasteiger partial charge in [0.25, 0.3) is 0 Å². The Hall–Kier alpha value is -2.51. The van der Waals surface area contributed by atoms with Gasteiger partial charge in [0.05, 0.1) is 19.0 Å². The Kier molecular flexibility index (Phi) is 5.61. The van der Waals surface area contributed by atoms with Gasteiger partial charge in [0.15, 0.2) is 0 Å². The van der Waals surface area contributed by atoms with Crippen molar-refractivity contribution in [3.63, 3.8) is 0 Å². The molecule has 0 spiro atoms. The Morgan fingerprint density at radius 1 is 1.39 bits per heavy atom. The van der Waals surface area contributed by atoms with Crippen LogP contribution in [0.5, 0.6) is 0 Å². The number of amides is 3. The largest absolute Gasteiger partial charge is 0.453 e. The van der Waals surface area contributed by atoms with Crippen LogP contribution in [0.15, 0.2) is 18.3 Å². The Balaban J connectivity index is 1.85. The van der Waals surface area contributed by atoms with Gasteiger partial charge >= 0.3 is 12.1 Å². The smallest absolute Gasteiger partial charge is 0.409 e. The number of carbonyl (C=O) groups is 2. The van der Waals surface area contributed by atoms with E-state index in [4.69, 9.17) is 4.74 Å². The third kappa shape index (κ3) is 4.73. The summed E-state index contributed by atoms with van der Waals surface area (Å²) in [5, 5.41) is 5.62. The maximum Gasteiger partial charge on any atom is 0.409 e. The lowest BCUT2D eigenvalue weighted by Gasteiger charge is -2.32. The average Bonchev–Trinajstić information content (AvgIpc) is 2.54. The van der Waals surface area contributed by atoms with Gasteiger partial charge < -0.3 is 25.2 Å². The number of likely N-dealkylation sites (tertiary alicyclic amines) is 1. The van der Waals surface area contributed by atoms with E-state index in [0.29, 0.717) is 18.8 Å². The Morgan fingerprint density at radius 2 is 2.17 bits per heavy atom. The number of anilines is 2. The number of nitrogens with zero attached hydrogens (tertiary/aromatic N) is 3. The summed E-state index contributed by atoms with van der Waals surface area (Å²) in [7, 11) is 5.16. The minimum absolute atomic E-state index is 0.0862. The number of hydrogen-bond donors (Lipinski definition) is 2. The van der Waals surface area contributed by atoms with E-state index in [1.54, 1.807) is 17.2 Å². The molecule has 1 aliphatic rings. The standard InChI is InChI=1S/C15H23N5O3/c1-19(2)13-7-6-11(9-16-13)17-14(21)18-12-5-4-8-20(10-12)15(22)23-3/h6-7,9,12H,4-5,8,10H2,1-3H3,(H2,17,18,21). The molecule has 8 heteroatoms. The number of methoxy groups -OCH3 is 1. The summed E-state index contributed by atoms with van der Waals surface area (Å²) in [5.74, 6) is 0.817. The topological polar surface area (TPSA) is 86.8 Å². The molecular weight excluding hydrogens is 298 g/mol. The minimum Gasteiger partial charge on any atom is -0.453 e. The fourth-order valence-corrected chi connectivity index (χ4v) is 2.47. The van der Waals surface area contributed by atoms with E-state index < -0.39 is 0 Å². The number of carbonyl (C=O) groups excluding carboxylic acids is 2. The van der Waals surface area contributed by atoms with Crippen molar-refractivity contribution in [1.82, 2.24) is 15.2 Å². The van der Waals surface area contributed by atoms with Crippen molar-refractivity contribution in [3.05, 3.63) is 18.3 Å². The molecule has 23 heavy (non-hydrogen) atoms. The van der Waals surface area contributed by atoms with Gasteiger partial charge in [-0.05, 0) is 25.0 Å². The van der Waals surface area contributed by atoms with Gasteiger partial charge in [-0.25, -0.2) is 14.6 Å². The molecule has 0 aliphatic carbocycles. The molecule has 2 N–H and O–H groups in total. The highest BCUT2D eigenvalue weighted by Gasteiger charge is 2.25. The molecule has 8 nitrogen and oxygen atoms in total. The number of piperidine rings is 1. The van der Waals surface area contributed by atoms with Gasteiger partial charge in [-0.2, -0.15) is 0 Å². The number of aromatic nitrogens is 1. The van der Waals surface area contributed by atoms with E-state index in [1.807, 2.05) is 25.1 Å². The summed E-state index contributed by atoms with van der Waals surface area (Å²) in [6.45, 7) is 1.11. The highest BCUT2D eigenvalue weighted by Crippen LogP contribution is 2.13. The lowest BCUT2D eigenvalue weighted by Crippen LogP contribution is -2.50. The first-order valence-corrected chi connectivity index (χ1v) is 7.53. The van der Waals surface area contributed by atoms with Crippen molar-refractivity contribution in [1.29, 1.82) is 0 Å². The molecule has 1 unspecified atom stereocenters. The Bertz CT molecular complexity index is 547. The van der Waals surface area contributed by atoms with E-state index in [0.717, 1.165) is 18.7 Å². The van der Waals surface area contributed by atoms with Crippen LogP contribution in [-0.2, 0) is 4.74 Å². The van der Waals surface area contributed by atoms with Crippen LogP contribution >= 0.6 is 0 Å². The third-order valence-electron chi connectivity index (χ3n) is 3.65. The molecule has 0 saturated carbocycles. The zero-order valence-corrected chi connectivity index (χ0v) is 13.7. The van der Waals surface area contributed by atoms with Gasteiger partial charge in [0.1, 0.15) is 5.82 Å². The molecular formula is C15H23N5O3. The molecule has 1 aliphatic heterocycles. The molecule has 1 aromatic heterocycles. The molecule has 1 fully saturated rings. The van der Waals surface area contributed by atoms with Crippen LogP contribution in [0.25, 0.3) is 0 Å². The fourth-order valence-electron chi connectivity index (χ4n) is 2.47. The molecule has 1 saturated heterocycles. The maximum absolute atomic E-state index is 12.1. The van der Waals surface area contributed by atoms with Crippen molar-refractivity contribution < 1.29 is 14.3 Å². The van der Waals surface area contributed by atoms with Gasteiger partial charge in [-0.3, -0.25) is 0 Å². The normalized spacial score (nSPS) is 17.3. The first kappa shape index (κ1) is 16.9. The lowest BCUT2D eigenvalue weighted by atomic mass is 10.1. The number of urea groups is 1. The first-order chi connectivity index (χ1) is 11.0. The highest BCUT2D eigenvalue weighted by molar-refractivity contribution is 5.89. The van der Waals surface area contributed by atoms with Crippen LogP contribution in [0.4, 0.5) is 21.1 Å². The third-order valence-corrected chi connectivity index (χ3v) is 3.65. The summed E-state index contributed by atoms with van der Waals surface area (Å²) < 4.78 is 4.72. The monoisotopic (exact) mass is 321 g/mol. The summed E-state index contributed by atoms with van der Waals surface area (Å²) in [6.07, 6.45) is 2.91. The van der Waals surface area contributed by atoms with E-state index in [1.165, 1.54) is 7.11 Å². The number of pyridine rings is 1. The molecule has 2 rings (SSSR count). The lowest BCUT2D eigenvalue weighted by molar-refractivity contribution is 0.108. The van der Waals surface area contributed by atoms with Gasteiger partial charge in [-0.1, -0.05) is 0 Å². The Labute approximate surface area is 135 Å². The zero-order chi connectivity index (χ0) is 16.8. The second-order valence-corrected chi connectivity index (χ2v) is 5.65. The SMILES string of the molecule is COC(=O)N1CCCC(NC(=O)Nc2ccc(N(C)C)nc2)C1. The van der Waals surface area contributed by atoms with Crippen LogP contribution in [0.1, 0.15) is 12.8 Å². The van der Waals surface area contributed by atoms with E-state index in [-0.39, 0.29) is 18.2 Å². The van der Waals surface area contributed by atoms with Crippen molar-refractivity contribution in [2.45, 2.75) is 18.9 Å². The second kappa shape index (κ2) is 7.66. The summed E-state index contributed by atoms with van der Waals surface area (Å²) in [5.41, 5.74) is 0.619. The molecule has 3 amide bonds. The first-order valence-electron chi connectivity index (χ1n) is 7.53. The maximum atomic E-state index is 12.1. The second-order valence-electron chi connectivity index (χ2n) is 5.65. The van der Waals surface area contributed by atoms with Crippen LogP contribution < -0.4 is 15.5 Å². The highest BCUT2D eigenvalue weighted by atomic mass is 16.5. The predicted molar refractivity (Wildman–Crippen MR) is 87.7 cm³/mol. The quantitative estimate of drug-likeness (QED) is 0.881. The molecule has 1 aromatic rings. The van der Waals surface area contributed by atoms with Gasteiger partial charge in [0, 0.05) is 33.2 Å². The molecule has 0 bridgehead atoms. The zero-order valence-electron chi connectivity index (χ0n) is 13.7. The van der Waals surface area contributed by atoms with Crippen molar-refractivity contribution in [3.8, 4) is 0 Å². The minimum atomic E-state index is -0.361. The number of nitrogens with one attached hydrogen (secondary N) is 2.